The molecule has 0 atom stereocenters. The predicted molar refractivity (Wildman–Crippen MR) is 97.2 cm³/mol. The molecule has 0 spiro atoms. The molecule has 6 nitrogen and oxygen atoms in total. The molecule has 1 N–H and O–H groups in total. The second-order valence-corrected chi connectivity index (χ2v) is 7.22. The lowest BCUT2D eigenvalue weighted by Gasteiger charge is -2.09. The number of ether oxygens (including phenoxy) is 1. The van der Waals surface area contributed by atoms with Crippen molar-refractivity contribution in [3.05, 3.63) is 34.0 Å². The molecule has 134 valence electrons. The second kappa shape index (κ2) is 7.39. The summed E-state index contributed by atoms with van der Waals surface area (Å²) in [5.74, 6) is -0.0437. The predicted octanol–water partition coefficient (Wildman–Crippen LogP) is 3.64. The van der Waals surface area contributed by atoms with Crippen LogP contribution >= 0.6 is 11.3 Å². The lowest BCUT2D eigenvalue weighted by Crippen LogP contribution is -2.17. The number of nitrogens with one attached hydrogen (secondary N) is 1. The van der Waals surface area contributed by atoms with Gasteiger partial charge in [-0.05, 0) is 56.5 Å². The van der Waals surface area contributed by atoms with Crippen LogP contribution in [0.3, 0.4) is 0 Å². The molecule has 2 heterocycles. The van der Waals surface area contributed by atoms with Crippen LogP contribution < -0.4 is 5.32 Å². The zero-order valence-electron chi connectivity index (χ0n) is 14.8. The fraction of sp³-hybridized carbons (Fsp3) is 0.500. The minimum Gasteiger partial charge on any atom is -0.462 e. The van der Waals surface area contributed by atoms with E-state index in [-0.39, 0.29) is 11.9 Å². The van der Waals surface area contributed by atoms with E-state index in [2.05, 4.69) is 10.4 Å². The summed E-state index contributed by atoms with van der Waals surface area (Å²) in [6.07, 6.45) is 2.49. The summed E-state index contributed by atoms with van der Waals surface area (Å²) in [7, 11) is 0. The molecule has 25 heavy (non-hydrogen) atoms. The van der Waals surface area contributed by atoms with Gasteiger partial charge in [0.1, 0.15) is 5.00 Å². The number of thiophene rings is 1. The summed E-state index contributed by atoms with van der Waals surface area (Å²) >= 11 is 1.40. The molecular weight excluding hydrogens is 338 g/mol. The number of amides is 1. The fourth-order valence-electron chi connectivity index (χ4n) is 2.87. The quantitative estimate of drug-likeness (QED) is 0.764. The van der Waals surface area contributed by atoms with Crippen LogP contribution in [0.25, 0.3) is 0 Å². The Balaban J connectivity index is 1.68. The Labute approximate surface area is 151 Å². The van der Waals surface area contributed by atoms with Crippen molar-refractivity contribution in [2.45, 2.75) is 52.5 Å². The Kier molecular flexibility index (Phi) is 5.22. The normalized spacial score (nSPS) is 13.7. The average Bonchev–Trinajstić information content (AvgIpc) is 3.24. The van der Waals surface area contributed by atoms with E-state index in [0.717, 1.165) is 29.8 Å². The maximum Gasteiger partial charge on any atom is 0.341 e. The summed E-state index contributed by atoms with van der Waals surface area (Å²) in [5, 5.41) is 9.82. The number of nitrogens with zero attached hydrogens (tertiary/aromatic N) is 2. The Bertz CT molecular complexity index is 790. The average molecular weight is 361 g/mol. The maximum atomic E-state index is 12.3. The van der Waals surface area contributed by atoms with Gasteiger partial charge >= 0.3 is 5.97 Å². The number of esters is 1. The molecule has 0 aliphatic heterocycles. The second-order valence-electron chi connectivity index (χ2n) is 6.34. The molecule has 2 aromatic rings. The highest BCUT2D eigenvalue weighted by atomic mass is 32.1. The minimum absolute atomic E-state index is 0.123. The smallest absolute Gasteiger partial charge is 0.341 e. The van der Waals surface area contributed by atoms with Gasteiger partial charge in [-0.15, -0.1) is 11.3 Å². The first-order chi connectivity index (χ1) is 12.0. The third kappa shape index (κ3) is 4.10. The number of aromatic nitrogens is 2. The molecule has 1 saturated carbocycles. The topological polar surface area (TPSA) is 73.2 Å². The van der Waals surface area contributed by atoms with Crippen molar-refractivity contribution in [2.24, 2.45) is 0 Å². The number of anilines is 1. The molecule has 0 saturated heterocycles. The van der Waals surface area contributed by atoms with Crippen molar-refractivity contribution in [1.29, 1.82) is 0 Å². The van der Waals surface area contributed by atoms with E-state index in [9.17, 15) is 9.59 Å². The summed E-state index contributed by atoms with van der Waals surface area (Å²) < 4.78 is 7.00. The highest BCUT2D eigenvalue weighted by Gasteiger charge is 2.32. The molecule has 0 aromatic carbocycles. The maximum absolute atomic E-state index is 12.3. The molecule has 1 fully saturated rings. The highest BCUT2D eigenvalue weighted by Crippen LogP contribution is 2.46. The zero-order chi connectivity index (χ0) is 18.0. The van der Waals surface area contributed by atoms with Crippen LogP contribution in [0.15, 0.2) is 11.4 Å². The molecule has 1 aliphatic carbocycles. The van der Waals surface area contributed by atoms with Gasteiger partial charge in [-0.2, -0.15) is 5.10 Å². The molecular formula is C18H23N3O3S. The zero-order valence-corrected chi connectivity index (χ0v) is 15.6. The van der Waals surface area contributed by atoms with Gasteiger partial charge in [0, 0.05) is 18.7 Å². The van der Waals surface area contributed by atoms with E-state index in [1.165, 1.54) is 11.3 Å². The van der Waals surface area contributed by atoms with E-state index < -0.39 is 0 Å². The van der Waals surface area contributed by atoms with E-state index >= 15 is 0 Å². The van der Waals surface area contributed by atoms with E-state index in [1.807, 2.05) is 30.0 Å². The number of carbonyl (C=O) groups is 2. The van der Waals surface area contributed by atoms with Gasteiger partial charge in [0.2, 0.25) is 5.91 Å². The monoisotopic (exact) mass is 361 g/mol. The Morgan fingerprint density at radius 3 is 2.76 bits per heavy atom. The molecule has 7 heteroatoms. The number of rotatable bonds is 7. The third-order valence-corrected chi connectivity index (χ3v) is 5.14. The number of hydrogen-bond acceptors (Lipinski definition) is 5. The van der Waals surface area contributed by atoms with E-state index in [4.69, 9.17) is 4.74 Å². The molecule has 0 radical (unpaired) electrons. The van der Waals surface area contributed by atoms with Crippen molar-refractivity contribution in [1.82, 2.24) is 9.78 Å². The van der Waals surface area contributed by atoms with Crippen LogP contribution in [0.1, 0.15) is 59.4 Å². The lowest BCUT2D eigenvalue weighted by atomic mass is 10.1. The number of hydrogen-bond donors (Lipinski definition) is 1. The number of aryl methyl sites for hydroxylation is 3. The fourth-order valence-corrected chi connectivity index (χ4v) is 3.92. The highest BCUT2D eigenvalue weighted by molar-refractivity contribution is 7.15. The number of carbonyl (C=O) groups excluding carboxylic acids is 2. The molecule has 1 aliphatic rings. The lowest BCUT2D eigenvalue weighted by molar-refractivity contribution is -0.116. The Morgan fingerprint density at radius 2 is 2.16 bits per heavy atom. The Morgan fingerprint density at radius 1 is 1.40 bits per heavy atom. The van der Waals surface area contributed by atoms with Gasteiger partial charge in [-0.25, -0.2) is 4.79 Å². The first kappa shape index (κ1) is 17.7. The summed E-state index contributed by atoms with van der Waals surface area (Å²) in [4.78, 5) is 24.6. The van der Waals surface area contributed by atoms with Crippen LogP contribution in [-0.4, -0.2) is 28.3 Å². The van der Waals surface area contributed by atoms with Crippen LogP contribution in [0.2, 0.25) is 0 Å². The SMILES string of the molecule is CCOC(=O)c1c(C2CC2)csc1NC(=O)CCn1nc(C)cc1C. The van der Waals surface area contributed by atoms with Crippen molar-refractivity contribution < 1.29 is 14.3 Å². The van der Waals surface area contributed by atoms with Gasteiger partial charge in [-0.3, -0.25) is 9.48 Å². The first-order valence-corrected chi connectivity index (χ1v) is 9.47. The van der Waals surface area contributed by atoms with Crippen LogP contribution in [0.5, 0.6) is 0 Å². The van der Waals surface area contributed by atoms with Gasteiger partial charge in [0.15, 0.2) is 0 Å². The summed E-state index contributed by atoms with van der Waals surface area (Å²) in [6, 6.07) is 1.98. The van der Waals surface area contributed by atoms with Crippen LogP contribution in [0.4, 0.5) is 5.00 Å². The molecule has 2 aromatic heterocycles. The van der Waals surface area contributed by atoms with Crippen LogP contribution in [0, 0.1) is 13.8 Å². The Hall–Kier alpha value is -2.15. The van der Waals surface area contributed by atoms with Gasteiger partial charge in [0.25, 0.3) is 0 Å². The third-order valence-electron chi connectivity index (χ3n) is 4.22. The van der Waals surface area contributed by atoms with Gasteiger partial charge in [-0.1, -0.05) is 0 Å². The first-order valence-electron chi connectivity index (χ1n) is 8.59. The van der Waals surface area contributed by atoms with Crippen molar-refractivity contribution in [3.63, 3.8) is 0 Å². The summed E-state index contributed by atoms with van der Waals surface area (Å²) in [6.45, 7) is 6.52. The molecule has 0 unspecified atom stereocenters. The van der Waals surface area contributed by atoms with E-state index in [0.29, 0.717) is 36.1 Å². The van der Waals surface area contributed by atoms with Crippen LogP contribution in [-0.2, 0) is 16.1 Å². The van der Waals surface area contributed by atoms with Crippen molar-refractivity contribution >= 4 is 28.2 Å². The van der Waals surface area contributed by atoms with Gasteiger partial charge in [0.05, 0.1) is 17.9 Å². The standard InChI is InChI=1S/C18H23N3O3S/c1-4-24-18(23)16-14(13-5-6-13)10-25-17(16)19-15(22)7-8-21-12(3)9-11(2)20-21/h9-10,13H,4-8H2,1-3H3,(H,19,22). The van der Waals surface area contributed by atoms with E-state index in [1.54, 1.807) is 6.92 Å². The largest absolute Gasteiger partial charge is 0.462 e. The molecule has 0 bridgehead atoms. The minimum atomic E-state index is -0.348. The van der Waals surface area contributed by atoms with Gasteiger partial charge < -0.3 is 10.1 Å². The van der Waals surface area contributed by atoms with Crippen molar-refractivity contribution in [3.8, 4) is 0 Å². The molecule has 1 amide bonds. The molecule has 3 rings (SSSR count). The summed E-state index contributed by atoms with van der Waals surface area (Å²) in [5.41, 5.74) is 3.52. The van der Waals surface area contributed by atoms with Crippen molar-refractivity contribution in [2.75, 3.05) is 11.9 Å².